The van der Waals surface area contributed by atoms with Gasteiger partial charge in [-0.3, -0.25) is 0 Å². The summed E-state index contributed by atoms with van der Waals surface area (Å²) in [5.41, 5.74) is 0.870. The van der Waals surface area contributed by atoms with Crippen LogP contribution in [-0.4, -0.2) is 27.7 Å². The zero-order valence-electron chi connectivity index (χ0n) is 8.89. The minimum Gasteiger partial charge on any atom is -0.479 e. The minimum absolute atomic E-state index is 0.0338. The Hall–Kier alpha value is -2.68. The van der Waals surface area contributed by atoms with Crippen LogP contribution >= 0.6 is 0 Å². The molecule has 2 aromatic rings. The van der Waals surface area contributed by atoms with Gasteiger partial charge in [-0.1, -0.05) is 12.1 Å². The third kappa shape index (κ3) is 3.14. The van der Waals surface area contributed by atoms with Crippen molar-refractivity contribution in [3.63, 3.8) is 0 Å². The van der Waals surface area contributed by atoms with E-state index in [1.54, 1.807) is 18.3 Å². The van der Waals surface area contributed by atoms with E-state index in [2.05, 4.69) is 15.3 Å². The fourth-order valence-corrected chi connectivity index (χ4v) is 1.19. The zero-order valence-corrected chi connectivity index (χ0v) is 8.89. The summed E-state index contributed by atoms with van der Waals surface area (Å²) < 4.78 is 6.67. The summed E-state index contributed by atoms with van der Waals surface area (Å²) >= 11 is 0. The molecule has 0 aliphatic heterocycles. The Morgan fingerprint density at radius 2 is 2.24 bits per heavy atom. The van der Waals surface area contributed by atoms with Gasteiger partial charge >= 0.3 is 0 Å². The molecule has 17 heavy (non-hydrogen) atoms. The fraction of sp³-hybridized carbons (Fsp3) is 0.0909. The summed E-state index contributed by atoms with van der Waals surface area (Å²) in [5, 5.41) is 19.8. The Morgan fingerprint density at radius 1 is 1.41 bits per heavy atom. The van der Waals surface area contributed by atoms with Gasteiger partial charge in [-0.15, -0.1) is 10.2 Å². The smallest absolute Gasteiger partial charge is 0.174 e. The standard InChI is InChI=1S/C11H9N5O/c12-4-5-17-11-3-1-2-10(6-11)7-15-16-8-13-14-9-16/h1-3,6-9H,5H2/b15-7-. The maximum Gasteiger partial charge on any atom is 0.174 e. The highest BCUT2D eigenvalue weighted by Crippen LogP contribution is 2.11. The summed E-state index contributed by atoms with van der Waals surface area (Å²) in [6.07, 6.45) is 4.64. The monoisotopic (exact) mass is 227 g/mol. The van der Waals surface area contributed by atoms with Crippen LogP contribution in [0.3, 0.4) is 0 Å². The molecule has 2 rings (SSSR count). The van der Waals surface area contributed by atoms with E-state index in [0.29, 0.717) is 5.75 Å². The average Bonchev–Trinajstić information content (AvgIpc) is 2.87. The van der Waals surface area contributed by atoms with Crippen LogP contribution < -0.4 is 4.74 Å². The summed E-state index contributed by atoms with van der Waals surface area (Å²) in [6, 6.07) is 9.21. The Morgan fingerprint density at radius 3 is 3.00 bits per heavy atom. The third-order valence-corrected chi connectivity index (χ3v) is 1.91. The molecule has 0 fully saturated rings. The molecule has 0 saturated heterocycles. The number of benzene rings is 1. The lowest BCUT2D eigenvalue weighted by molar-refractivity contribution is 0.368. The van der Waals surface area contributed by atoms with Crippen LogP contribution in [0.2, 0.25) is 0 Å². The molecular weight excluding hydrogens is 218 g/mol. The van der Waals surface area contributed by atoms with Gasteiger partial charge in [-0.05, 0) is 17.7 Å². The quantitative estimate of drug-likeness (QED) is 0.732. The highest BCUT2D eigenvalue weighted by molar-refractivity contribution is 5.80. The second-order valence-electron chi connectivity index (χ2n) is 3.11. The van der Waals surface area contributed by atoms with Crippen LogP contribution in [0.4, 0.5) is 0 Å². The SMILES string of the molecule is N#CCOc1cccc(/C=N\n2cnnc2)c1. The van der Waals surface area contributed by atoms with Crippen molar-refractivity contribution in [2.75, 3.05) is 6.61 Å². The maximum atomic E-state index is 8.41. The second kappa shape index (κ2) is 5.42. The molecule has 84 valence electrons. The predicted molar refractivity (Wildman–Crippen MR) is 60.6 cm³/mol. The van der Waals surface area contributed by atoms with Crippen molar-refractivity contribution in [2.45, 2.75) is 0 Å². The van der Waals surface area contributed by atoms with Gasteiger partial charge in [0.1, 0.15) is 24.5 Å². The van der Waals surface area contributed by atoms with Crippen LogP contribution in [0, 0.1) is 11.3 Å². The van der Waals surface area contributed by atoms with Gasteiger partial charge in [-0.25, -0.2) is 4.68 Å². The lowest BCUT2D eigenvalue weighted by Crippen LogP contribution is -1.94. The number of nitrogens with zero attached hydrogens (tertiary/aromatic N) is 5. The summed E-state index contributed by atoms with van der Waals surface area (Å²) in [4.78, 5) is 0. The Balaban J connectivity index is 2.09. The van der Waals surface area contributed by atoms with Crippen LogP contribution in [0.15, 0.2) is 42.0 Å². The molecule has 0 amide bonds. The van der Waals surface area contributed by atoms with Gasteiger partial charge in [-0.2, -0.15) is 10.4 Å². The number of aromatic nitrogens is 3. The fourth-order valence-electron chi connectivity index (χ4n) is 1.19. The topological polar surface area (TPSA) is 76.1 Å². The third-order valence-electron chi connectivity index (χ3n) is 1.91. The molecule has 0 atom stereocenters. The van der Waals surface area contributed by atoms with Crippen LogP contribution in [0.25, 0.3) is 0 Å². The number of hydrogen-bond donors (Lipinski definition) is 0. The molecule has 0 unspecified atom stereocenters. The van der Waals surface area contributed by atoms with Crippen LogP contribution in [0.5, 0.6) is 5.75 Å². The first-order chi connectivity index (χ1) is 8.38. The van der Waals surface area contributed by atoms with Gasteiger partial charge < -0.3 is 4.74 Å². The minimum atomic E-state index is 0.0338. The Kier molecular flexibility index (Phi) is 3.45. The first-order valence-corrected chi connectivity index (χ1v) is 4.87. The average molecular weight is 227 g/mol. The van der Waals surface area contributed by atoms with Crippen LogP contribution in [-0.2, 0) is 0 Å². The van der Waals surface area contributed by atoms with Crippen molar-refractivity contribution < 1.29 is 4.74 Å². The molecule has 1 aromatic heterocycles. The van der Waals surface area contributed by atoms with Crippen molar-refractivity contribution in [3.05, 3.63) is 42.5 Å². The van der Waals surface area contributed by atoms with E-state index in [0.717, 1.165) is 5.56 Å². The summed E-state index contributed by atoms with van der Waals surface area (Å²) in [5.74, 6) is 0.638. The first-order valence-electron chi connectivity index (χ1n) is 4.87. The van der Waals surface area contributed by atoms with Gasteiger partial charge in [0.05, 0.1) is 6.21 Å². The largest absolute Gasteiger partial charge is 0.479 e. The first kappa shape index (κ1) is 10.8. The molecule has 6 heteroatoms. The zero-order chi connectivity index (χ0) is 11.9. The molecule has 0 aliphatic rings. The van der Waals surface area contributed by atoms with Gasteiger partial charge in [0.2, 0.25) is 0 Å². The van der Waals surface area contributed by atoms with Gasteiger partial charge in [0.15, 0.2) is 6.61 Å². The van der Waals surface area contributed by atoms with E-state index in [4.69, 9.17) is 10.00 Å². The van der Waals surface area contributed by atoms with Crippen molar-refractivity contribution in [1.29, 1.82) is 5.26 Å². The van der Waals surface area contributed by atoms with Gasteiger partial charge in [0.25, 0.3) is 0 Å². The molecule has 1 aromatic carbocycles. The molecule has 0 bridgehead atoms. The van der Waals surface area contributed by atoms with E-state index < -0.39 is 0 Å². The molecular formula is C11H9N5O. The highest BCUT2D eigenvalue weighted by Gasteiger charge is 1.94. The second-order valence-corrected chi connectivity index (χ2v) is 3.11. The van der Waals surface area contributed by atoms with Crippen molar-refractivity contribution in [1.82, 2.24) is 14.9 Å². The van der Waals surface area contributed by atoms with E-state index in [1.165, 1.54) is 17.3 Å². The molecule has 0 N–H and O–H groups in total. The highest BCUT2D eigenvalue weighted by atomic mass is 16.5. The number of nitriles is 1. The number of ether oxygens (including phenoxy) is 1. The molecule has 6 nitrogen and oxygen atoms in total. The number of hydrogen-bond acceptors (Lipinski definition) is 5. The number of rotatable bonds is 4. The molecule has 0 saturated carbocycles. The molecule has 1 heterocycles. The van der Waals surface area contributed by atoms with Crippen molar-refractivity contribution >= 4 is 6.21 Å². The lowest BCUT2D eigenvalue weighted by atomic mass is 10.2. The lowest BCUT2D eigenvalue weighted by Gasteiger charge is -2.01. The summed E-state index contributed by atoms with van der Waals surface area (Å²) in [6.45, 7) is 0.0338. The van der Waals surface area contributed by atoms with Crippen LogP contribution in [0.1, 0.15) is 5.56 Å². The molecule has 0 spiro atoms. The van der Waals surface area contributed by atoms with E-state index in [1.807, 2.05) is 18.2 Å². The molecule has 0 radical (unpaired) electrons. The summed E-state index contributed by atoms with van der Waals surface area (Å²) in [7, 11) is 0. The molecule has 0 aliphatic carbocycles. The maximum absolute atomic E-state index is 8.41. The predicted octanol–water partition coefficient (Wildman–Crippen LogP) is 1.06. The van der Waals surface area contributed by atoms with Crippen molar-refractivity contribution in [3.8, 4) is 11.8 Å². The van der Waals surface area contributed by atoms with Gasteiger partial charge in [0, 0.05) is 0 Å². The van der Waals surface area contributed by atoms with E-state index >= 15 is 0 Å². The van der Waals surface area contributed by atoms with E-state index in [9.17, 15) is 0 Å². The van der Waals surface area contributed by atoms with Crippen molar-refractivity contribution in [2.24, 2.45) is 5.10 Å². The normalized spacial score (nSPS) is 10.3. The van der Waals surface area contributed by atoms with E-state index in [-0.39, 0.29) is 6.61 Å². The Labute approximate surface area is 97.8 Å². The Bertz CT molecular complexity index is 541.